The first-order chi connectivity index (χ1) is 59.6. The van der Waals surface area contributed by atoms with E-state index in [-0.39, 0.29) is 58.7 Å². The van der Waals surface area contributed by atoms with Crippen LogP contribution in [-0.4, -0.2) is 240 Å². The lowest BCUT2D eigenvalue weighted by molar-refractivity contribution is -0.142. The van der Waals surface area contributed by atoms with Crippen LogP contribution in [0.4, 0.5) is 0 Å². The van der Waals surface area contributed by atoms with Crippen LogP contribution in [0.2, 0.25) is 0 Å². The number of phenolic OH excluding ortho intramolecular Hbond substituents is 1. The maximum atomic E-state index is 15.1. The second-order valence-electron chi connectivity index (χ2n) is 31.3. The number of benzene rings is 5. The van der Waals surface area contributed by atoms with Crippen LogP contribution in [0.1, 0.15) is 119 Å². The second-order valence-corrected chi connectivity index (χ2v) is 34.5. The van der Waals surface area contributed by atoms with Crippen molar-refractivity contribution in [2.75, 3.05) is 23.8 Å². The van der Waals surface area contributed by atoms with Gasteiger partial charge in [0, 0.05) is 73.0 Å². The largest absolute Gasteiger partial charge is 0.508 e. The van der Waals surface area contributed by atoms with E-state index in [1.165, 1.54) is 82.8 Å². The molecule has 22 N–H and O–H groups in total. The van der Waals surface area contributed by atoms with E-state index in [9.17, 15) is 112 Å². The molecule has 13 atom stereocenters. The summed E-state index contributed by atoms with van der Waals surface area (Å²) in [5.41, 5.74) is 13.1. The lowest BCUT2D eigenvalue weighted by atomic mass is 9.85. The predicted octanol–water partition coefficient (Wildman–Crippen LogP) is -1.14. The Kier molecular flexibility index (Phi) is 38.7. The normalized spacial score (nSPS) is 23.9. The molecule has 5 aromatic carbocycles. The molecule has 2 heterocycles. The van der Waals surface area contributed by atoms with Crippen molar-refractivity contribution < 1.29 is 117 Å². The number of nitrogens with two attached hydrogens (primary N) is 2. The molecule has 0 aromatic heterocycles. The Bertz CT molecular complexity index is 4840. The molecule has 2 aliphatic heterocycles. The van der Waals surface area contributed by atoms with Gasteiger partial charge in [0.1, 0.15) is 72.2 Å². The van der Waals surface area contributed by atoms with Gasteiger partial charge in [-0.3, -0.25) is 96.4 Å². The number of phenols is 1. The number of carboxylic acid groups (broad SMARTS) is 4. The SMILES string of the molecule is C[C@H]1NC(=O)CCSCc2cc3cc(c2)CSC[C@@H](NC(=O)[C@@H](C)NC(=O)[C@H](Cc2cccc4ccccc24)NC(=O)[C@H](CCC(=O)O)NC(=O)[C@H](CC(N)=O)NC1=O)C(=O)CN[C@@H](CCC(=O)O)C(=O)N[C@@H](CC(=O)O)C(=O)N[C@@H](Cc1ccccc1)C(=O)N[C@@H](Cc1ccc(O)cc1)C(=O)N[C@@H](CC(=O)O)C(=O)N[C@@H](C(C)(C)C)C(=O)N[C@H](C(N)=O)CSC3. The van der Waals surface area contributed by atoms with E-state index in [1.807, 2.05) is 0 Å². The lowest BCUT2D eigenvalue weighted by Crippen LogP contribution is -2.62. The zero-order valence-electron chi connectivity index (χ0n) is 69.6. The Balaban J connectivity index is 1.34. The van der Waals surface area contributed by atoms with Crippen molar-refractivity contribution in [2.24, 2.45) is 16.9 Å². The number of primary amides is 2. The van der Waals surface area contributed by atoms with Gasteiger partial charge in [0.15, 0.2) is 5.78 Å². The number of nitrogens with one attached hydrogen (secondary N) is 13. The van der Waals surface area contributed by atoms with Crippen LogP contribution >= 0.6 is 35.3 Å². The lowest BCUT2D eigenvalue weighted by Gasteiger charge is -2.33. The molecule has 4 bridgehead atoms. The minimum absolute atomic E-state index is 0.0312. The number of carbonyl (C=O) groups is 19. The molecule has 7 rings (SSSR count). The third-order valence-electron chi connectivity index (χ3n) is 20.0. The summed E-state index contributed by atoms with van der Waals surface area (Å²) in [7, 11) is 0. The topological polar surface area (TPSA) is 634 Å². The van der Waals surface area contributed by atoms with Gasteiger partial charge in [0.2, 0.25) is 82.7 Å². The third-order valence-corrected chi connectivity index (χ3v) is 23.2. The zero-order valence-corrected chi connectivity index (χ0v) is 72.0. The van der Waals surface area contributed by atoms with Crippen LogP contribution in [0.3, 0.4) is 0 Å². The number of hydrogen-bond donors (Lipinski definition) is 20. The highest BCUT2D eigenvalue weighted by Crippen LogP contribution is 2.27. The highest BCUT2D eigenvalue weighted by Gasteiger charge is 2.41. The summed E-state index contributed by atoms with van der Waals surface area (Å²) in [6.45, 7) is 6.18. The predicted molar refractivity (Wildman–Crippen MR) is 461 cm³/mol. The quantitative estimate of drug-likeness (QED) is 0.0465. The van der Waals surface area contributed by atoms with Gasteiger partial charge in [-0.05, 0) is 88.4 Å². The van der Waals surface area contributed by atoms with E-state index < -0.39 is 261 Å². The van der Waals surface area contributed by atoms with E-state index >= 15 is 4.79 Å². The summed E-state index contributed by atoms with van der Waals surface area (Å²) in [5, 5.41) is 84.2. The number of carbonyl (C=O) groups excluding carboxylic acids is 15. The Morgan fingerprint density at radius 3 is 1.40 bits per heavy atom. The molecular weight excluding hydrogens is 1700 g/mol. The number of aliphatic carboxylic acids is 4. The second kappa shape index (κ2) is 48.5. The van der Waals surface area contributed by atoms with Crippen LogP contribution in [-0.2, 0) is 128 Å². The standard InChI is InChI=1S/C84H105N15O24S3/c1-43-73(113)91-59(34-65(85)102)80(120)90-55(23-25-68(106)107)76(116)94-58(33-51-16-11-15-50-14-9-10-17-53(50)51)77(117)89-44(2)74(114)97-62-41-125-39-48-28-47(38-124-27-26-66(103)88-43)29-49(30-48)40-126-42-63(72(86)112)98-83(123)71(84(3,4)5)99-82(122)61(36-70(110)111)96-79(119)57(32-46-18-20-52(100)21-19-46)92-78(118)56(31-45-12-7-6-8-13-45)93-81(121)60(35-69(108)109)95-75(115)54(22-24-67(104)105)87-37-64(62)101/h6-21,28-30,43-44,54-63,71,87,100H,22-27,31-42H2,1-5H3,(H2,85,102)(H2,86,112)(H,88,103)(H,89,117)(H,90,120)(H,91,113)(H,92,118)(H,93,121)(H,94,116)(H,95,115)(H,96,119)(H,97,114)(H,98,123)(H,99,122)(H,104,105)(H,106,107)(H,108,109)(H,110,111)/t43-,44-,54+,55+,56+,57+,58+,59+,60+,61+,62-,63+,71-/m1/s1. The van der Waals surface area contributed by atoms with Crippen LogP contribution in [0.5, 0.6) is 5.75 Å². The molecule has 0 saturated heterocycles. The number of ketones is 1. The molecule has 678 valence electrons. The van der Waals surface area contributed by atoms with Crippen molar-refractivity contribution in [3.8, 4) is 5.75 Å². The van der Waals surface area contributed by atoms with Crippen LogP contribution in [0, 0.1) is 5.41 Å². The summed E-state index contributed by atoms with van der Waals surface area (Å²) in [4.78, 5) is 265. The number of amides is 14. The monoisotopic (exact) mass is 1800 g/mol. The average molecular weight is 1810 g/mol. The van der Waals surface area contributed by atoms with Crippen molar-refractivity contribution in [1.82, 2.24) is 69.1 Å². The first-order valence-electron chi connectivity index (χ1n) is 40.1. The van der Waals surface area contributed by atoms with Gasteiger partial charge < -0.3 is 101 Å². The fourth-order valence-electron chi connectivity index (χ4n) is 13.3. The van der Waals surface area contributed by atoms with E-state index in [0.29, 0.717) is 38.6 Å². The van der Waals surface area contributed by atoms with Crippen molar-refractivity contribution in [2.45, 2.75) is 201 Å². The van der Waals surface area contributed by atoms with Gasteiger partial charge in [-0.2, -0.15) is 35.3 Å². The molecule has 126 heavy (non-hydrogen) atoms. The minimum atomic E-state index is -2.13. The minimum Gasteiger partial charge on any atom is -0.508 e. The van der Waals surface area contributed by atoms with E-state index in [0.717, 1.165) is 23.5 Å². The molecule has 2 aliphatic rings. The van der Waals surface area contributed by atoms with Crippen LogP contribution in [0.15, 0.2) is 115 Å². The van der Waals surface area contributed by atoms with Gasteiger partial charge in [-0.1, -0.05) is 124 Å². The average Bonchev–Trinajstić information content (AvgIpc) is 0.818. The third kappa shape index (κ3) is 33.1. The first-order valence-corrected chi connectivity index (χ1v) is 43.5. The first kappa shape index (κ1) is 100. The Morgan fingerprint density at radius 1 is 0.421 bits per heavy atom. The summed E-state index contributed by atoms with van der Waals surface area (Å²) in [5.74, 6) is -22.9. The van der Waals surface area contributed by atoms with E-state index in [2.05, 4.69) is 69.1 Å². The molecule has 0 fully saturated rings. The summed E-state index contributed by atoms with van der Waals surface area (Å²) < 4.78 is 0. The molecule has 0 saturated carbocycles. The van der Waals surface area contributed by atoms with Gasteiger partial charge in [-0.15, -0.1) is 0 Å². The van der Waals surface area contributed by atoms with Crippen LogP contribution in [0.25, 0.3) is 10.8 Å². The zero-order chi connectivity index (χ0) is 92.6. The molecule has 0 aliphatic carbocycles. The molecular formula is C84H105N15O24S3. The fraction of sp³-hybridized carbons (Fsp3) is 0.440. The summed E-state index contributed by atoms with van der Waals surface area (Å²) in [6.07, 6.45) is -7.51. The maximum absolute atomic E-state index is 15.1. The molecule has 5 aromatic rings. The fourth-order valence-corrected chi connectivity index (χ4v) is 16.2. The highest BCUT2D eigenvalue weighted by molar-refractivity contribution is 7.99. The Morgan fingerprint density at radius 2 is 0.857 bits per heavy atom. The number of aromatic hydroxyl groups is 1. The van der Waals surface area contributed by atoms with E-state index in [1.54, 1.807) is 78.9 Å². The molecule has 39 nitrogen and oxygen atoms in total. The van der Waals surface area contributed by atoms with Gasteiger partial charge in [0.05, 0.1) is 37.9 Å². The number of fused-ring (bicyclic) bond motifs is 6. The van der Waals surface area contributed by atoms with Crippen molar-refractivity contribution in [3.63, 3.8) is 0 Å². The highest BCUT2D eigenvalue weighted by atomic mass is 32.2. The Hall–Kier alpha value is -12.7. The van der Waals surface area contributed by atoms with Gasteiger partial charge in [-0.25, -0.2) is 0 Å². The summed E-state index contributed by atoms with van der Waals surface area (Å²) >= 11 is 3.45. The number of hydrogen-bond acceptors (Lipinski definition) is 24. The van der Waals surface area contributed by atoms with Crippen LogP contribution < -0.4 is 80.6 Å². The molecule has 42 heteroatoms. The number of rotatable bonds is 19. The number of Topliss-reactive ketones (excluding diaryl/α,β-unsaturated/α-hetero) is 1. The summed E-state index contributed by atoms with van der Waals surface area (Å²) in [6, 6.07) is 7.78. The maximum Gasteiger partial charge on any atom is 0.305 e. The van der Waals surface area contributed by atoms with Gasteiger partial charge in [0.25, 0.3) is 0 Å². The van der Waals surface area contributed by atoms with E-state index in [4.69, 9.17) is 11.5 Å². The number of thioether (sulfide) groups is 3. The molecule has 0 radical (unpaired) electrons. The Labute approximate surface area is 736 Å². The number of carboxylic acids is 4. The van der Waals surface area contributed by atoms with Gasteiger partial charge >= 0.3 is 23.9 Å². The van der Waals surface area contributed by atoms with Crippen molar-refractivity contribution in [3.05, 3.63) is 149 Å². The molecule has 14 amide bonds. The molecule has 0 spiro atoms. The molecule has 0 unspecified atom stereocenters. The van der Waals surface area contributed by atoms with Crippen molar-refractivity contribution in [1.29, 1.82) is 0 Å². The van der Waals surface area contributed by atoms with Crippen molar-refractivity contribution >= 4 is 158 Å². The smallest absolute Gasteiger partial charge is 0.305 e.